The molecule has 9 heteroatoms. The molecule has 2 rings (SSSR count). The Morgan fingerprint density at radius 1 is 1.15 bits per heavy atom. The lowest BCUT2D eigenvalue weighted by Crippen LogP contribution is -2.27. The third-order valence-corrected chi connectivity index (χ3v) is 4.49. The van der Waals surface area contributed by atoms with Crippen LogP contribution in [0.4, 0.5) is 11.9 Å². The van der Waals surface area contributed by atoms with E-state index < -0.39 is 0 Å². The first-order valence-corrected chi connectivity index (χ1v) is 9.21. The van der Waals surface area contributed by atoms with Crippen molar-refractivity contribution in [1.82, 2.24) is 20.3 Å². The highest BCUT2D eigenvalue weighted by molar-refractivity contribution is 7.99. The van der Waals surface area contributed by atoms with E-state index in [1.54, 1.807) is 0 Å². The van der Waals surface area contributed by atoms with Gasteiger partial charge in [0.2, 0.25) is 17.8 Å². The van der Waals surface area contributed by atoms with Crippen molar-refractivity contribution in [1.29, 1.82) is 0 Å². The second-order valence-corrected chi connectivity index (χ2v) is 6.82. The Hall–Kier alpha value is -2.55. The molecule has 26 heavy (non-hydrogen) atoms. The molecule has 0 fully saturated rings. The third-order valence-electron chi connectivity index (χ3n) is 3.65. The molecule has 0 radical (unpaired) electrons. The van der Waals surface area contributed by atoms with Gasteiger partial charge in [0.05, 0.1) is 12.4 Å². The van der Waals surface area contributed by atoms with Crippen LogP contribution in [0, 0.1) is 20.8 Å². The van der Waals surface area contributed by atoms with Gasteiger partial charge in [-0.15, -0.1) is 0 Å². The van der Waals surface area contributed by atoms with E-state index in [9.17, 15) is 4.79 Å². The number of ether oxygens (including phenoxy) is 1. The monoisotopic (exact) mass is 376 g/mol. The molecule has 1 amide bonds. The van der Waals surface area contributed by atoms with E-state index in [1.807, 2.05) is 19.9 Å². The SMILES string of the molecule is Cc1cc(C)c(C)c(OCCCNC(=O)CSc2nc(N)nc(N)n2)c1. The van der Waals surface area contributed by atoms with Crippen LogP contribution in [0.3, 0.4) is 0 Å². The standard InChI is InChI=1S/C17H24N6O2S/c1-10-7-11(2)12(3)13(8-10)25-6-4-5-20-14(24)9-26-17-22-15(18)21-16(19)23-17/h7-8H,4-6,9H2,1-3H3,(H,20,24)(H4,18,19,21,22,23). The molecule has 1 aromatic carbocycles. The number of anilines is 2. The van der Waals surface area contributed by atoms with Gasteiger partial charge < -0.3 is 21.5 Å². The van der Waals surface area contributed by atoms with Crippen LogP contribution in [-0.4, -0.2) is 39.8 Å². The molecular formula is C17H24N6O2S. The predicted molar refractivity (Wildman–Crippen MR) is 103 cm³/mol. The van der Waals surface area contributed by atoms with E-state index in [-0.39, 0.29) is 23.6 Å². The molecule has 8 nitrogen and oxygen atoms in total. The van der Waals surface area contributed by atoms with Gasteiger partial charge in [0.1, 0.15) is 5.75 Å². The van der Waals surface area contributed by atoms with Gasteiger partial charge in [-0.05, 0) is 49.9 Å². The lowest BCUT2D eigenvalue weighted by Gasteiger charge is -2.12. The average Bonchev–Trinajstić information content (AvgIpc) is 2.56. The highest BCUT2D eigenvalue weighted by Crippen LogP contribution is 2.23. The molecule has 0 aliphatic rings. The minimum atomic E-state index is -0.116. The van der Waals surface area contributed by atoms with E-state index in [2.05, 4.69) is 33.3 Å². The molecule has 0 saturated carbocycles. The molecule has 0 aliphatic heterocycles. The zero-order valence-corrected chi connectivity index (χ0v) is 16.0. The summed E-state index contributed by atoms with van der Waals surface area (Å²) in [7, 11) is 0. The number of thioether (sulfide) groups is 1. The van der Waals surface area contributed by atoms with Crippen LogP contribution >= 0.6 is 11.8 Å². The van der Waals surface area contributed by atoms with Gasteiger partial charge in [0, 0.05) is 6.54 Å². The maximum Gasteiger partial charge on any atom is 0.230 e. The number of nitrogens with two attached hydrogens (primary N) is 2. The number of nitrogens with zero attached hydrogens (tertiary/aromatic N) is 3. The minimum absolute atomic E-state index is 0.0410. The Bertz CT molecular complexity index is 764. The molecule has 5 N–H and O–H groups in total. The number of amides is 1. The van der Waals surface area contributed by atoms with Crippen LogP contribution in [-0.2, 0) is 4.79 Å². The maximum absolute atomic E-state index is 11.9. The van der Waals surface area contributed by atoms with Crippen LogP contribution in [0.5, 0.6) is 5.75 Å². The van der Waals surface area contributed by atoms with E-state index in [0.717, 1.165) is 23.1 Å². The smallest absolute Gasteiger partial charge is 0.230 e. The molecule has 0 bridgehead atoms. The van der Waals surface area contributed by atoms with Crippen LogP contribution in [0.2, 0.25) is 0 Å². The summed E-state index contributed by atoms with van der Waals surface area (Å²) in [6, 6.07) is 4.16. The molecule has 0 unspecified atom stereocenters. The molecular weight excluding hydrogens is 352 g/mol. The second kappa shape index (κ2) is 9.23. The summed E-state index contributed by atoms with van der Waals surface area (Å²) in [6.07, 6.45) is 0.717. The number of carbonyl (C=O) groups excluding carboxylic acids is 1. The van der Waals surface area contributed by atoms with Crippen molar-refractivity contribution in [3.05, 3.63) is 28.8 Å². The van der Waals surface area contributed by atoms with Crippen LogP contribution in [0.1, 0.15) is 23.1 Å². The first-order valence-electron chi connectivity index (χ1n) is 8.22. The first kappa shape index (κ1) is 19.8. The highest BCUT2D eigenvalue weighted by Gasteiger charge is 2.07. The van der Waals surface area contributed by atoms with Gasteiger partial charge >= 0.3 is 0 Å². The van der Waals surface area contributed by atoms with Crippen molar-refractivity contribution in [2.45, 2.75) is 32.3 Å². The number of rotatable bonds is 8. The molecule has 0 atom stereocenters. The number of benzene rings is 1. The topological polar surface area (TPSA) is 129 Å². The molecule has 1 aromatic heterocycles. The fourth-order valence-corrected chi connectivity index (χ4v) is 2.95. The third kappa shape index (κ3) is 6.07. The highest BCUT2D eigenvalue weighted by atomic mass is 32.2. The van der Waals surface area contributed by atoms with Gasteiger partial charge in [-0.2, -0.15) is 15.0 Å². The van der Waals surface area contributed by atoms with Crippen molar-refractivity contribution >= 4 is 29.6 Å². The number of hydrogen-bond acceptors (Lipinski definition) is 8. The van der Waals surface area contributed by atoms with E-state index in [1.165, 1.54) is 11.1 Å². The summed E-state index contributed by atoms with van der Waals surface area (Å²) in [6.45, 7) is 7.23. The normalized spacial score (nSPS) is 10.6. The van der Waals surface area contributed by atoms with Crippen molar-refractivity contribution in [2.75, 3.05) is 30.4 Å². The van der Waals surface area contributed by atoms with Crippen molar-refractivity contribution in [3.8, 4) is 5.75 Å². The Morgan fingerprint density at radius 3 is 2.54 bits per heavy atom. The van der Waals surface area contributed by atoms with Gasteiger partial charge in [-0.3, -0.25) is 4.79 Å². The maximum atomic E-state index is 11.9. The second-order valence-electron chi connectivity index (χ2n) is 5.88. The van der Waals surface area contributed by atoms with E-state index >= 15 is 0 Å². The summed E-state index contributed by atoms with van der Waals surface area (Å²) < 4.78 is 5.82. The molecule has 2 aromatic rings. The van der Waals surface area contributed by atoms with Gasteiger partial charge in [0.25, 0.3) is 0 Å². The Morgan fingerprint density at radius 2 is 1.85 bits per heavy atom. The quantitative estimate of drug-likeness (QED) is 0.468. The number of aryl methyl sites for hydroxylation is 2. The van der Waals surface area contributed by atoms with Crippen LogP contribution in [0.15, 0.2) is 17.3 Å². The molecule has 0 aliphatic carbocycles. The van der Waals surface area contributed by atoms with E-state index in [0.29, 0.717) is 24.7 Å². The van der Waals surface area contributed by atoms with Crippen molar-refractivity contribution < 1.29 is 9.53 Å². The number of nitrogen functional groups attached to an aromatic ring is 2. The molecule has 1 heterocycles. The van der Waals surface area contributed by atoms with Gasteiger partial charge in [-0.25, -0.2) is 0 Å². The summed E-state index contributed by atoms with van der Waals surface area (Å²) in [5.41, 5.74) is 14.5. The zero-order valence-electron chi connectivity index (χ0n) is 15.2. The lowest BCUT2D eigenvalue weighted by atomic mass is 10.1. The van der Waals surface area contributed by atoms with Crippen LogP contribution < -0.4 is 21.5 Å². The Kier molecular flexibility index (Phi) is 7.02. The number of hydrogen-bond donors (Lipinski definition) is 3. The zero-order chi connectivity index (χ0) is 19.1. The van der Waals surface area contributed by atoms with Crippen molar-refractivity contribution in [3.63, 3.8) is 0 Å². The Balaban J connectivity index is 1.67. The van der Waals surface area contributed by atoms with Gasteiger partial charge in [0.15, 0.2) is 5.16 Å². The first-order chi connectivity index (χ1) is 12.3. The molecule has 140 valence electrons. The molecule has 0 saturated heterocycles. The number of carbonyl (C=O) groups is 1. The van der Waals surface area contributed by atoms with Crippen LogP contribution in [0.25, 0.3) is 0 Å². The summed E-state index contributed by atoms with van der Waals surface area (Å²) >= 11 is 1.16. The lowest BCUT2D eigenvalue weighted by molar-refractivity contribution is -0.118. The summed E-state index contributed by atoms with van der Waals surface area (Å²) in [4.78, 5) is 23.4. The van der Waals surface area contributed by atoms with Crippen molar-refractivity contribution in [2.24, 2.45) is 0 Å². The van der Waals surface area contributed by atoms with E-state index in [4.69, 9.17) is 16.2 Å². The number of aromatic nitrogens is 3. The largest absolute Gasteiger partial charge is 0.493 e. The minimum Gasteiger partial charge on any atom is -0.493 e. The summed E-state index contributed by atoms with van der Waals surface area (Å²) in [5, 5.41) is 3.16. The predicted octanol–water partition coefficient (Wildman–Crippen LogP) is 1.64. The number of nitrogens with one attached hydrogen (secondary N) is 1. The Labute approximate surface area is 157 Å². The van der Waals surface area contributed by atoms with Gasteiger partial charge in [-0.1, -0.05) is 17.8 Å². The fraction of sp³-hybridized carbons (Fsp3) is 0.412. The fourth-order valence-electron chi connectivity index (χ4n) is 2.27. The average molecular weight is 376 g/mol. The molecule has 0 spiro atoms. The summed E-state index contributed by atoms with van der Waals surface area (Å²) in [5.74, 6) is 1.04.